The summed E-state index contributed by atoms with van der Waals surface area (Å²) in [7, 11) is 1.66. The summed E-state index contributed by atoms with van der Waals surface area (Å²) in [6.45, 7) is 1.85. The number of ether oxygens (including phenoxy) is 1. The van der Waals surface area contributed by atoms with Crippen LogP contribution in [0.1, 0.15) is 30.9 Å². The van der Waals surface area contributed by atoms with Crippen LogP contribution in [0.15, 0.2) is 24.3 Å². The molecular weight excluding hydrogens is 294 g/mol. The number of rotatable bonds is 2. The summed E-state index contributed by atoms with van der Waals surface area (Å²) in [5.41, 5.74) is 1.03. The van der Waals surface area contributed by atoms with Crippen LogP contribution < -0.4 is 15.4 Å². The van der Waals surface area contributed by atoms with E-state index >= 15 is 0 Å². The van der Waals surface area contributed by atoms with Gasteiger partial charge in [-0.25, -0.2) is 4.79 Å². The van der Waals surface area contributed by atoms with E-state index < -0.39 is 0 Å². The highest BCUT2D eigenvalue weighted by Gasteiger charge is 2.29. The maximum Gasteiger partial charge on any atom is 0.317 e. The molecule has 6 nitrogen and oxygen atoms in total. The zero-order valence-electron chi connectivity index (χ0n) is 13.4. The molecule has 3 rings (SSSR count). The summed E-state index contributed by atoms with van der Waals surface area (Å²) >= 11 is 0. The van der Waals surface area contributed by atoms with Crippen molar-refractivity contribution in [1.82, 2.24) is 15.5 Å². The highest BCUT2D eigenvalue weighted by Crippen LogP contribution is 2.31. The number of benzene rings is 1. The monoisotopic (exact) mass is 317 g/mol. The lowest BCUT2D eigenvalue weighted by atomic mass is 9.96. The number of para-hydroxylation sites is 1. The van der Waals surface area contributed by atoms with Gasteiger partial charge in [0.15, 0.2) is 0 Å². The minimum absolute atomic E-state index is 0.0101. The quantitative estimate of drug-likeness (QED) is 0.872. The Morgan fingerprint density at radius 2 is 1.91 bits per heavy atom. The fraction of sp³-hybridized carbons (Fsp3) is 0.529. The van der Waals surface area contributed by atoms with Gasteiger partial charge in [0, 0.05) is 38.0 Å². The van der Waals surface area contributed by atoms with E-state index in [4.69, 9.17) is 4.74 Å². The first-order valence-electron chi connectivity index (χ1n) is 8.18. The van der Waals surface area contributed by atoms with Gasteiger partial charge >= 0.3 is 6.03 Å². The van der Waals surface area contributed by atoms with E-state index in [-0.39, 0.29) is 23.9 Å². The third-order valence-corrected chi connectivity index (χ3v) is 4.66. The molecule has 0 unspecified atom stereocenters. The Labute approximate surface area is 136 Å². The van der Waals surface area contributed by atoms with Gasteiger partial charge in [0.05, 0.1) is 12.6 Å². The number of nitrogens with one attached hydrogen (secondary N) is 2. The van der Waals surface area contributed by atoms with E-state index in [9.17, 15) is 9.59 Å². The normalized spacial score (nSPS) is 21.1. The van der Waals surface area contributed by atoms with Crippen molar-refractivity contribution < 1.29 is 14.3 Å². The highest BCUT2D eigenvalue weighted by atomic mass is 16.5. The van der Waals surface area contributed by atoms with Crippen LogP contribution in [0.5, 0.6) is 5.75 Å². The van der Waals surface area contributed by atoms with Crippen LogP contribution in [-0.4, -0.2) is 43.6 Å². The van der Waals surface area contributed by atoms with E-state index in [1.54, 1.807) is 11.9 Å². The Bertz CT molecular complexity index is 582. The Hall–Kier alpha value is -2.24. The fourth-order valence-corrected chi connectivity index (χ4v) is 3.28. The van der Waals surface area contributed by atoms with Gasteiger partial charge in [0.25, 0.3) is 0 Å². The van der Waals surface area contributed by atoms with Gasteiger partial charge in [0.1, 0.15) is 5.75 Å². The first kappa shape index (κ1) is 15.6. The van der Waals surface area contributed by atoms with Crippen LogP contribution in [0, 0.1) is 5.92 Å². The molecule has 2 N–H and O–H groups in total. The Balaban J connectivity index is 1.58. The average Bonchev–Trinajstić information content (AvgIpc) is 2.61. The topological polar surface area (TPSA) is 70.7 Å². The smallest absolute Gasteiger partial charge is 0.317 e. The maximum absolute atomic E-state index is 12.5. The van der Waals surface area contributed by atoms with E-state index in [0.717, 1.165) is 30.6 Å². The largest absolute Gasteiger partial charge is 0.493 e. The molecular formula is C17H23N3O3. The van der Waals surface area contributed by atoms with E-state index in [2.05, 4.69) is 10.6 Å². The Morgan fingerprint density at radius 1 is 1.17 bits per heavy atom. The predicted molar refractivity (Wildman–Crippen MR) is 86.2 cm³/mol. The molecule has 23 heavy (non-hydrogen) atoms. The van der Waals surface area contributed by atoms with Gasteiger partial charge in [-0.05, 0) is 18.9 Å². The molecule has 0 aliphatic carbocycles. The number of hydrogen-bond acceptors (Lipinski definition) is 3. The summed E-state index contributed by atoms with van der Waals surface area (Å²) in [5.74, 6) is 0.943. The summed E-state index contributed by atoms with van der Waals surface area (Å²) in [4.78, 5) is 26.0. The second-order valence-corrected chi connectivity index (χ2v) is 6.05. The minimum atomic E-state index is -0.0536. The zero-order chi connectivity index (χ0) is 16.2. The predicted octanol–water partition coefficient (Wildman–Crippen LogP) is 1.68. The van der Waals surface area contributed by atoms with Crippen LogP contribution in [0.4, 0.5) is 4.79 Å². The molecule has 124 valence electrons. The fourth-order valence-electron chi connectivity index (χ4n) is 3.28. The summed E-state index contributed by atoms with van der Waals surface area (Å²) in [5, 5.41) is 5.79. The molecule has 2 aliphatic rings. The second-order valence-electron chi connectivity index (χ2n) is 6.05. The number of carbonyl (C=O) groups is 2. The Morgan fingerprint density at radius 3 is 2.65 bits per heavy atom. The lowest BCUT2D eigenvalue weighted by Crippen LogP contribution is -2.47. The third kappa shape index (κ3) is 3.41. The average molecular weight is 317 g/mol. The third-order valence-electron chi connectivity index (χ3n) is 4.66. The molecule has 0 spiro atoms. The second kappa shape index (κ2) is 6.89. The molecule has 2 heterocycles. The summed E-state index contributed by atoms with van der Waals surface area (Å²) in [6, 6.07) is 7.76. The van der Waals surface area contributed by atoms with Crippen LogP contribution in [0.25, 0.3) is 0 Å². The van der Waals surface area contributed by atoms with Crippen molar-refractivity contribution in [3.8, 4) is 5.75 Å². The molecule has 2 aliphatic heterocycles. The first-order valence-corrected chi connectivity index (χ1v) is 8.18. The molecule has 3 amide bonds. The molecule has 1 fully saturated rings. The first-order chi connectivity index (χ1) is 11.2. The molecule has 6 heteroatoms. The van der Waals surface area contributed by atoms with Crippen molar-refractivity contribution in [2.24, 2.45) is 5.92 Å². The number of nitrogens with zero attached hydrogens (tertiary/aromatic N) is 1. The molecule has 1 aromatic rings. The van der Waals surface area contributed by atoms with Gasteiger partial charge in [-0.15, -0.1) is 0 Å². The lowest BCUT2D eigenvalue weighted by molar-refractivity contribution is -0.125. The van der Waals surface area contributed by atoms with Crippen LogP contribution in [0.2, 0.25) is 0 Å². The van der Waals surface area contributed by atoms with Crippen molar-refractivity contribution in [3.05, 3.63) is 29.8 Å². The van der Waals surface area contributed by atoms with Crippen molar-refractivity contribution in [3.63, 3.8) is 0 Å². The number of carbonyl (C=O) groups excluding carboxylic acids is 2. The number of hydrogen-bond donors (Lipinski definition) is 2. The highest BCUT2D eigenvalue weighted by molar-refractivity contribution is 5.79. The van der Waals surface area contributed by atoms with Gasteiger partial charge in [-0.2, -0.15) is 0 Å². The zero-order valence-corrected chi connectivity index (χ0v) is 13.4. The SMILES string of the molecule is CNC(=O)C1CCN(C(=O)N[C@H]2CCOc3ccccc32)CC1. The number of urea groups is 1. The minimum Gasteiger partial charge on any atom is -0.493 e. The van der Waals surface area contributed by atoms with Crippen molar-refractivity contribution in [2.75, 3.05) is 26.7 Å². The van der Waals surface area contributed by atoms with Crippen molar-refractivity contribution in [1.29, 1.82) is 0 Å². The lowest BCUT2D eigenvalue weighted by Gasteiger charge is -2.33. The van der Waals surface area contributed by atoms with Crippen molar-refractivity contribution in [2.45, 2.75) is 25.3 Å². The van der Waals surface area contributed by atoms with Crippen molar-refractivity contribution >= 4 is 11.9 Å². The number of likely N-dealkylation sites (tertiary alicyclic amines) is 1. The molecule has 0 bridgehead atoms. The number of fused-ring (bicyclic) bond motifs is 1. The molecule has 0 aromatic heterocycles. The van der Waals surface area contributed by atoms with E-state index in [1.807, 2.05) is 24.3 Å². The molecule has 1 atom stereocenters. The van der Waals surface area contributed by atoms with Gasteiger partial charge in [-0.3, -0.25) is 4.79 Å². The maximum atomic E-state index is 12.5. The molecule has 1 saturated heterocycles. The standard InChI is InChI=1S/C17H23N3O3/c1-18-16(21)12-6-9-20(10-7-12)17(22)19-14-8-11-23-15-5-3-2-4-13(14)15/h2-5,12,14H,6-11H2,1H3,(H,18,21)(H,19,22)/t14-/m0/s1. The number of piperidine rings is 1. The van der Waals surface area contributed by atoms with Crippen LogP contribution in [-0.2, 0) is 4.79 Å². The molecule has 0 radical (unpaired) electrons. The molecule has 1 aromatic carbocycles. The van der Waals surface area contributed by atoms with Crippen LogP contribution in [0.3, 0.4) is 0 Å². The Kier molecular flexibility index (Phi) is 4.69. The van der Waals surface area contributed by atoms with Gasteiger partial charge in [0.2, 0.25) is 5.91 Å². The number of amides is 3. The van der Waals surface area contributed by atoms with E-state index in [0.29, 0.717) is 19.7 Å². The molecule has 0 saturated carbocycles. The summed E-state index contributed by atoms with van der Waals surface area (Å²) in [6.07, 6.45) is 2.21. The van der Waals surface area contributed by atoms with Gasteiger partial charge < -0.3 is 20.3 Å². The van der Waals surface area contributed by atoms with Gasteiger partial charge in [-0.1, -0.05) is 18.2 Å². The van der Waals surface area contributed by atoms with Crippen LogP contribution >= 0.6 is 0 Å². The summed E-state index contributed by atoms with van der Waals surface area (Å²) < 4.78 is 5.62. The van der Waals surface area contributed by atoms with E-state index in [1.165, 1.54) is 0 Å².